The average molecular weight is 279 g/mol. The molecule has 0 fully saturated rings. The van der Waals surface area contributed by atoms with Crippen LogP contribution in [0.5, 0.6) is 5.75 Å². The van der Waals surface area contributed by atoms with Crippen LogP contribution in [0.4, 0.5) is 4.39 Å². The predicted molar refractivity (Wildman–Crippen MR) is 67.3 cm³/mol. The van der Waals surface area contributed by atoms with Gasteiger partial charge in [-0.3, -0.25) is 4.79 Å². The van der Waals surface area contributed by atoms with Gasteiger partial charge in [-0.1, -0.05) is 6.07 Å². The molecule has 0 aliphatic rings. The van der Waals surface area contributed by atoms with Gasteiger partial charge in [0.2, 0.25) is 5.91 Å². The number of hydrogen-bond donors (Lipinski definition) is 1. The summed E-state index contributed by atoms with van der Waals surface area (Å²) in [5.74, 6) is -0.366. The molecule has 0 bridgehead atoms. The van der Waals surface area contributed by atoms with Crippen LogP contribution in [0.3, 0.4) is 0 Å². The van der Waals surface area contributed by atoms with Crippen molar-refractivity contribution in [2.24, 2.45) is 0 Å². The molecule has 0 saturated carbocycles. The molecule has 20 heavy (non-hydrogen) atoms. The zero-order chi connectivity index (χ0) is 14.5. The number of ether oxygens (including phenoxy) is 1. The number of tetrazole rings is 1. The number of nitrogens with zero attached hydrogens (tertiary/aromatic N) is 4. The number of nitrogens with one attached hydrogen (secondary N) is 1. The Hall–Kier alpha value is -2.51. The van der Waals surface area contributed by atoms with Crippen LogP contribution < -0.4 is 10.1 Å². The lowest BCUT2D eigenvalue weighted by atomic mass is 10.1. The van der Waals surface area contributed by atoms with Crippen LogP contribution >= 0.6 is 0 Å². The van der Waals surface area contributed by atoms with Crippen molar-refractivity contribution in [2.45, 2.75) is 19.5 Å². The summed E-state index contributed by atoms with van der Waals surface area (Å²) in [6, 6.07) is 3.98. The Morgan fingerprint density at radius 2 is 2.35 bits per heavy atom. The molecule has 1 heterocycles. The maximum absolute atomic E-state index is 13.8. The zero-order valence-corrected chi connectivity index (χ0v) is 11.1. The number of carbonyl (C=O) groups excluding carboxylic acids is 1. The lowest BCUT2D eigenvalue weighted by Crippen LogP contribution is -2.31. The van der Waals surface area contributed by atoms with E-state index >= 15 is 0 Å². The molecule has 7 nitrogen and oxygen atoms in total. The van der Waals surface area contributed by atoms with E-state index in [1.165, 1.54) is 24.2 Å². The van der Waals surface area contributed by atoms with Crippen molar-refractivity contribution in [1.82, 2.24) is 25.5 Å². The Balaban J connectivity index is 2.08. The van der Waals surface area contributed by atoms with Gasteiger partial charge in [0, 0.05) is 0 Å². The molecule has 0 radical (unpaired) electrons. The smallest absolute Gasteiger partial charge is 0.242 e. The van der Waals surface area contributed by atoms with Crippen LogP contribution in [0.15, 0.2) is 24.5 Å². The van der Waals surface area contributed by atoms with E-state index in [4.69, 9.17) is 4.74 Å². The predicted octanol–water partition coefficient (Wildman–Crippen LogP) is 0.698. The fourth-order valence-corrected chi connectivity index (χ4v) is 1.87. The van der Waals surface area contributed by atoms with Crippen LogP contribution in [0, 0.1) is 5.82 Å². The van der Waals surface area contributed by atoms with Gasteiger partial charge in [-0.05, 0) is 29.5 Å². The molecule has 1 atom stereocenters. The fraction of sp³-hybridized carbons (Fsp3) is 0.333. The summed E-state index contributed by atoms with van der Waals surface area (Å²) in [4.78, 5) is 11.8. The van der Waals surface area contributed by atoms with Gasteiger partial charge < -0.3 is 10.1 Å². The van der Waals surface area contributed by atoms with Crippen molar-refractivity contribution in [3.8, 4) is 5.75 Å². The van der Waals surface area contributed by atoms with Gasteiger partial charge in [0.15, 0.2) is 0 Å². The second-order valence-electron chi connectivity index (χ2n) is 4.15. The summed E-state index contributed by atoms with van der Waals surface area (Å²) >= 11 is 0. The minimum absolute atomic E-state index is 0.0336. The molecule has 2 aromatic rings. The maximum atomic E-state index is 13.8. The molecule has 8 heteroatoms. The Bertz CT molecular complexity index is 588. The largest absolute Gasteiger partial charge is 0.496 e. The van der Waals surface area contributed by atoms with Gasteiger partial charge in [0.25, 0.3) is 0 Å². The molecule has 0 aliphatic heterocycles. The van der Waals surface area contributed by atoms with Crippen LogP contribution in [-0.4, -0.2) is 33.2 Å². The van der Waals surface area contributed by atoms with E-state index in [1.54, 1.807) is 19.1 Å². The fourth-order valence-electron chi connectivity index (χ4n) is 1.87. The van der Waals surface area contributed by atoms with E-state index in [2.05, 4.69) is 20.8 Å². The van der Waals surface area contributed by atoms with Crippen LogP contribution in [-0.2, 0) is 11.3 Å². The van der Waals surface area contributed by atoms with E-state index < -0.39 is 11.9 Å². The summed E-state index contributed by atoms with van der Waals surface area (Å²) in [5.41, 5.74) is 0.306. The first kappa shape index (κ1) is 13.9. The van der Waals surface area contributed by atoms with Gasteiger partial charge in [0.05, 0.1) is 18.7 Å². The second-order valence-corrected chi connectivity index (χ2v) is 4.15. The molecule has 1 aromatic carbocycles. The Morgan fingerprint density at radius 3 is 3.00 bits per heavy atom. The van der Waals surface area contributed by atoms with Crippen molar-refractivity contribution in [3.63, 3.8) is 0 Å². The minimum atomic E-state index is -0.532. The second kappa shape index (κ2) is 6.09. The molecule has 0 saturated heterocycles. The Morgan fingerprint density at radius 1 is 1.55 bits per heavy atom. The van der Waals surface area contributed by atoms with Gasteiger partial charge in [0.1, 0.15) is 24.4 Å². The van der Waals surface area contributed by atoms with E-state index in [1.807, 2.05) is 0 Å². The summed E-state index contributed by atoms with van der Waals surface area (Å²) in [6.07, 6.45) is 1.33. The normalized spacial score (nSPS) is 11.9. The molecule has 1 aromatic heterocycles. The summed E-state index contributed by atoms with van der Waals surface area (Å²) in [6.45, 7) is 1.65. The molecular weight excluding hydrogens is 265 g/mol. The SMILES string of the molecule is COc1cccc(F)c1C(C)NC(=O)Cn1cnnn1. The summed E-state index contributed by atoms with van der Waals surface area (Å²) in [5, 5.41) is 13.1. The van der Waals surface area contributed by atoms with E-state index in [0.717, 1.165) is 0 Å². The van der Waals surface area contributed by atoms with Crippen LogP contribution in [0.2, 0.25) is 0 Å². The van der Waals surface area contributed by atoms with Crippen molar-refractivity contribution in [3.05, 3.63) is 35.9 Å². The zero-order valence-electron chi connectivity index (χ0n) is 11.1. The molecule has 2 rings (SSSR count). The topological polar surface area (TPSA) is 81.9 Å². The molecule has 1 unspecified atom stereocenters. The molecule has 0 spiro atoms. The number of amides is 1. The van der Waals surface area contributed by atoms with Crippen LogP contribution in [0.1, 0.15) is 18.5 Å². The first-order valence-corrected chi connectivity index (χ1v) is 5.94. The van der Waals surface area contributed by atoms with Gasteiger partial charge in [-0.25, -0.2) is 9.07 Å². The lowest BCUT2D eigenvalue weighted by molar-refractivity contribution is -0.122. The van der Waals surface area contributed by atoms with Crippen molar-refractivity contribution in [2.75, 3.05) is 7.11 Å². The third-order valence-corrected chi connectivity index (χ3v) is 2.74. The standard InChI is InChI=1S/C12H14FN5O2/c1-8(12-9(13)4-3-5-10(12)20-2)15-11(19)6-18-7-14-16-17-18/h3-5,7-8H,6H2,1-2H3,(H,15,19). The quantitative estimate of drug-likeness (QED) is 0.871. The molecule has 1 amide bonds. The Kier molecular flexibility index (Phi) is 4.24. The van der Waals surface area contributed by atoms with E-state index in [-0.39, 0.29) is 12.5 Å². The molecule has 106 valence electrons. The average Bonchev–Trinajstić information content (AvgIpc) is 2.90. The van der Waals surface area contributed by atoms with Gasteiger partial charge in [-0.2, -0.15) is 0 Å². The van der Waals surface area contributed by atoms with Crippen molar-refractivity contribution in [1.29, 1.82) is 0 Å². The minimum Gasteiger partial charge on any atom is -0.496 e. The number of rotatable bonds is 5. The van der Waals surface area contributed by atoms with Gasteiger partial charge >= 0.3 is 0 Å². The first-order valence-electron chi connectivity index (χ1n) is 5.94. The highest BCUT2D eigenvalue weighted by atomic mass is 19.1. The highest BCUT2D eigenvalue weighted by Gasteiger charge is 2.18. The highest BCUT2D eigenvalue weighted by molar-refractivity contribution is 5.76. The van der Waals surface area contributed by atoms with Crippen molar-refractivity contribution >= 4 is 5.91 Å². The Labute approximate surface area is 114 Å². The van der Waals surface area contributed by atoms with Crippen LogP contribution in [0.25, 0.3) is 0 Å². The highest BCUT2D eigenvalue weighted by Crippen LogP contribution is 2.27. The molecule has 0 aliphatic carbocycles. The summed E-state index contributed by atoms with van der Waals surface area (Å²) in [7, 11) is 1.45. The number of hydrogen-bond acceptors (Lipinski definition) is 5. The number of benzene rings is 1. The number of halogens is 1. The molecule has 1 N–H and O–H groups in total. The maximum Gasteiger partial charge on any atom is 0.242 e. The number of methoxy groups -OCH3 is 1. The number of aromatic nitrogens is 4. The third-order valence-electron chi connectivity index (χ3n) is 2.74. The first-order chi connectivity index (χ1) is 9.61. The van der Waals surface area contributed by atoms with E-state index in [0.29, 0.717) is 11.3 Å². The third kappa shape index (κ3) is 3.08. The van der Waals surface area contributed by atoms with Crippen molar-refractivity contribution < 1.29 is 13.9 Å². The summed E-state index contributed by atoms with van der Waals surface area (Å²) < 4.78 is 20.2. The number of carbonyl (C=O) groups is 1. The lowest BCUT2D eigenvalue weighted by Gasteiger charge is -2.17. The molecular formula is C12H14FN5O2. The van der Waals surface area contributed by atoms with Gasteiger partial charge in [-0.15, -0.1) is 5.10 Å². The monoisotopic (exact) mass is 279 g/mol. The van der Waals surface area contributed by atoms with E-state index in [9.17, 15) is 9.18 Å².